The molecule has 1 aromatic heterocycles. The summed E-state index contributed by atoms with van der Waals surface area (Å²) in [5.41, 5.74) is 1.21. The van der Waals surface area contributed by atoms with Crippen LogP contribution in [0.15, 0.2) is 59.2 Å². The Morgan fingerprint density at radius 1 is 1.00 bits per heavy atom. The van der Waals surface area contributed by atoms with Crippen LogP contribution in [0.4, 0.5) is 0 Å². The van der Waals surface area contributed by atoms with Crippen molar-refractivity contribution >= 4 is 63.3 Å². The van der Waals surface area contributed by atoms with Crippen molar-refractivity contribution < 1.29 is 19.0 Å². The summed E-state index contributed by atoms with van der Waals surface area (Å²) in [7, 11) is 0. The molecule has 0 spiro atoms. The number of benzene rings is 2. The van der Waals surface area contributed by atoms with Gasteiger partial charge in [-0.15, -0.1) is 0 Å². The lowest BCUT2D eigenvalue weighted by molar-refractivity contribution is 0.0485. The maximum Gasteiger partial charge on any atom is 0.339 e. The number of carbonyl (C=O) groups excluding carboxylic acids is 1. The van der Waals surface area contributed by atoms with Crippen LogP contribution >= 0.6 is 46.4 Å². The van der Waals surface area contributed by atoms with Gasteiger partial charge in [-0.3, -0.25) is 4.98 Å². The van der Waals surface area contributed by atoms with Crippen molar-refractivity contribution in [1.29, 1.82) is 0 Å². The molecule has 9 heteroatoms. The first kappa shape index (κ1) is 23.5. The van der Waals surface area contributed by atoms with Crippen LogP contribution in [0.25, 0.3) is 10.9 Å². The third-order valence-corrected chi connectivity index (χ3v) is 4.92. The van der Waals surface area contributed by atoms with E-state index in [1.807, 2.05) is 24.3 Å². The number of fused-ring (bicyclic) bond motifs is 1. The number of carbonyl (C=O) groups is 1. The third-order valence-electron chi connectivity index (χ3n) is 4.05. The quantitative estimate of drug-likeness (QED) is 0.237. The summed E-state index contributed by atoms with van der Waals surface area (Å²) in [6.07, 6.45) is 3.45. The Balaban J connectivity index is 1.46. The largest absolute Gasteiger partial charge is 0.490 e. The average Bonchev–Trinajstić information content (AvgIpc) is 2.74. The maximum absolute atomic E-state index is 12.2. The highest BCUT2D eigenvalue weighted by atomic mass is 35.5. The predicted octanol–water partition coefficient (Wildman–Crippen LogP) is 6.87. The van der Waals surface area contributed by atoms with Crippen LogP contribution in [-0.2, 0) is 4.74 Å². The molecule has 0 radical (unpaired) electrons. The zero-order chi connectivity index (χ0) is 22.2. The molecular formula is C22H17Cl4NO4. The first-order valence-electron chi connectivity index (χ1n) is 9.22. The van der Waals surface area contributed by atoms with E-state index >= 15 is 0 Å². The smallest absolute Gasteiger partial charge is 0.339 e. The van der Waals surface area contributed by atoms with E-state index in [9.17, 15) is 4.79 Å². The minimum atomic E-state index is -0.443. The molecule has 162 valence electrons. The van der Waals surface area contributed by atoms with Gasteiger partial charge in [-0.25, -0.2) is 4.79 Å². The van der Waals surface area contributed by atoms with Gasteiger partial charge in [0.2, 0.25) is 0 Å². The first-order chi connectivity index (χ1) is 14.9. The normalized spacial score (nSPS) is 10.6. The summed E-state index contributed by atoms with van der Waals surface area (Å²) in [6.45, 7) is 0.606. The molecule has 3 rings (SSSR count). The molecule has 0 unspecified atom stereocenters. The molecule has 0 fully saturated rings. The molecule has 1 heterocycles. The molecule has 0 bridgehead atoms. The lowest BCUT2D eigenvalue weighted by atomic mass is 10.1. The Morgan fingerprint density at radius 3 is 2.48 bits per heavy atom. The SMILES string of the molecule is O=C(OCCCOc1c(Cl)cc(OCC=C(Cl)Cl)cc1Cl)c1cnc2ccccc2c1. The van der Waals surface area contributed by atoms with Crippen molar-refractivity contribution in [1.82, 2.24) is 4.98 Å². The van der Waals surface area contributed by atoms with E-state index in [1.165, 1.54) is 12.3 Å². The number of nitrogens with zero attached hydrogens (tertiary/aromatic N) is 1. The van der Waals surface area contributed by atoms with Crippen molar-refractivity contribution in [2.45, 2.75) is 6.42 Å². The number of rotatable bonds is 9. The van der Waals surface area contributed by atoms with Crippen LogP contribution in [0.1, 0.15) is 16.8 Å². The lowest BCUT2D eigenvalue weighted by Crippen LogP contribution is -2.10. The summed E-state index contributed by atoms with van der Waals surface area (Å²) in [5, 5.41) is 1.46. The van der Waals surface area contributed by atoms with Gasteiger partial charge in [0.1, 0.15) is 16.8 Å². The van der Waals surface area contributed by atoms with Crippen LogP contribution < -0.4 is 9.47 Å². The summed E-state index contributed by atoms with van der Waals surface area (Å²) >= 11 is 23.5. The molecule has 0 aliphatic heterocycles. The molecular weight excluding hydrogens is 484 g/mol. The Hall–Kier alpha value is -2.18. The van der Waals surface area contributed by atoms with Gasteiger partial charge in [0, 0.05) is 30.1 Å². The summed E-state index contributed by atoms with van der Waals surface area (Å²) in [6, 6.07) is 12.4. The Bertz CT molecular complexity index is 1080. The molecule has 0 aliphatic rings. The van der Waals surface area contributed by atoms with Crippen molar-refractivity contribution in [2.24, 2.45) is 0 Å². The maximum atomic E-state index is 12.2. The molecule has 2 aromatic carbocycles. The van der Waals surface area contributed by atoms with Crippen molar-refractivity contribution in [3.05, 3.63) is 74.8 Å². The summed E-state index contributed by atoms with van der Waals surface area (Å²) < 4.78 is 16.5. The van der Waals surface area contributed by atoms with Gasteiger partial charge >= 0.3 is 5.97 Å². The fourth-order valence-corrected chi connectivity index (χ4v) is 3.32. The molecule has 0 aliphatic carbocycles. The highest BCUT2D eigenvalue weighted by Crippen LogP contribution is 2.37. The number of hydrogen-bond acceptors (Lipinski definition) is 5. The van der Waals surface area contributed by atoms with Gasteiger partial charge in [0.15, 0.2) is 5.75 Å². The van der Waals surface area contributed by atoms with E-state index in [0.717, 1.165) is 10.9 Å². The van der Waals surface area contributed by atoms with Gasteiger partial charge < -0.3 is 14.2 Å². The fourth-order valence-electron chi connectivity index (χ4n) is 2.62. The molecule has 0 saturated heterocycles. The van der Waals surface area contributed by atoms with Gasteiger partial charge in [0.05, 0.1) is 34.3 Å². The number of para-hydroxylation sites is 1. The van der Waals surface area contributed by atoms with Gasteiger partial charge in [-0.2, -0.15) is 0 Å². The van der Waals surface area contributed by atoms with E-state index in [2.05, 4.69) is 4.98 Å². The molecule has 0 amide bonds. The molecule has 31 heavy (non-hydrogen) atoms. The topological polar surface area (TPSA) is 57.7 Å². The second-order valence-electron chi connectivity index (χ2n) is 6.28. The highest BCUT2D eigenvalue weighted by molar-refractivity contribution is 6.55. The summed E-state index contributed by atoms with van der Waals surface area (Å²) in [5.74, 6) is 0.333. The number of esters is 1. The number of aromatic nitrogens is 1. The summed E-state index contributed by atoms with van der Waals surface area (Å²) in [4.78, 5) is 16.5. The van der Waals surface area contributed by atoms with E-state index < -0.39 is 5.97 Å². The van der Waals surface area contributed by atoms with E-state index in [0.29, 0.717) is 33.5 Å². The molecule has 3 aromatic rings. The van der Waals surface area contributed by atoms with Crippen LogP contribution in [0.2, 0.25) is 10.0 Å². The Labute approximate surface area is 199 Å². The first-order valence-corrected chi connectivity index (χ1v) is 10.7. The molecule has 0 atom stereocenters. The van der Waals surface area contributed by atoms with E-state index in [-0.39, 0.29) is 24.3 Å². The van der Waals surface area contributed by atoms with Crippen LogP contribution in [0, 0.1) is 0 Å². The van der Waals surface area contributed by atoms with Crippen molar-refractivity contribution in [2.75, 3.05) is 19.8 Å². The molecule has 0 N–H and O–H groups in total. The van der Waals surface area contributed by atoms with Crippen molar-refractivity contribution in [3.63, 3.8) is 0 Å². The van der Waals surface area contributed by atoms with E-state index in [4.69, 9.17) is 60.6 Å². The number of hydrogen-bond donors (Lipinski definition) is 0. The van der Waals surface area contributed by atoms with Crippen LogP contribution in [0.3, 0.4) is 0 Å². The predicted molar refractivity (Wildman–Crippen MR) is 124 cm³/mol. The average molecular weight is 501 g/mol. The molecule has 5 nitrogen and oxygen atoms in total. The third kappa shape index (κ3) is 6.91. The minimum Gasteiger partial charge on any atom is -0.490 e. The van der Waals surface area contributed by atoms with Gasteiger partial charge in [-0.05, 0) is 18.2 Å². The van der Waals surface area contributed by atoms with Crippen LogP contribution in [-0.4, -0.2) is 30.8 Å². The molecule has 0 saturated carbocycles. The number of pyridine rings is 1. The minimum absolute atomic E-state index is 0.106. The lowest BCUT2D eigenvalue weighted by Gasteiger charge is -2.12. The Kier molecular flexibility index (Phi) is 8.67. The van der Waals surface area contributed by atoms with Gasteiger partial charge in [0.25, 0.3) is 0 Å². The fraction of sp³-hybridized carbons (Fsp3) is 0.182. The van der Waals surface area contributed by atoms with Crippen LogP contribution in [0.5, 0.6) is 11.5 Å². The number of halogens is 4. The van der Waals surface area contributed by atoms with E-state index in [1.54, 1.807) is 18.2 Å². The van der Waals surface area contributed by atoms with Crippen molar-refractivity contribution in [3.8, 4) is 11.5 Å². The highest BCUT2D eigenvalue weighted by Gasteiger charge is 2.12. The second-order valence-corrected chi connectivity index (χ2v) is 8.10. The number of ether oxygens (including phenoxy) is 3. The van der Waals surface area contributed by atoms with Gasteiger partial charge in [-0.1, -0.05) is 64.6 Å². The second kappa shape index (κ2) is 11.4. The monoisotopic (exact) mass is 499 g/mol. The zero-order valence-electron chi connectivity index (χ0n) is 16.1. The zero-order valence-corrected chi connectivity index (χ0v) is 19.1. The standard InChI is InChI=1S/C22H17Cl4NO4/c23-17-11-16(29-9-6-20(25)26)12-18(24)21(17)30-7-3-8-31-22(28)15-10-14-4-1-2-5-19(14)27-13-15/h1-2,4-6,10-13H,3,7-9H2. The Morgan fingerprint density at radius 2 is 1.74 bits per heavy atom.